The summed E-state index contributed by atoms with van der Waals surface area (Å²) < 4.78 is 22.2. The topological polar surface area (TPSA) is 54.0 Å². The lowest BCUT2D eigenvalue weighted by Gasteiger charge is -2.11. The zero-order valence-electron chi connectivity index (χ0n) is 18.0. The van der Waals surface area contributed by atoms with E-state index in [2.05, 4.69) is 0 Å². The van der Waals surface area contributed by atoms with Gasteiger partial charge < -0.3 is 18.9 Å². The summed E-state index contributed by atoms with van der Waals surface area (Å²) >= 11 is 0. The Morgan fingerprint density at radius 1 is 0.839 bits per heavy atom. The van der Waals surface area contributed by atoms with Gasteiger partial charge in [-0.25, -0.2) is 0 Å². The third-order valence-electron chi connectivity index (χ3n) is 4.62. The van der Waals surface area contributed by atoms with E-state index in [0.29, 0.717) is 41.8 Å². The molecule has 0 aliphatic rings. The Morgan fingerprint density at radius 3 is 2.29 bits per heavy atom. The van der Waals surface area contributed by atoms with Gasteiger partial charge in [0.05, 0.1) is 26.4 Å². The van der Waals surface area contributed by atoms with Crippen LogP contribution in [0.25, 0.3) is 6.08 Å². The third kappa shape index (κ3) is 5.89. The lowest BCUT2D eigenvalue weighted by molar-refractivity contribution is 0.104. The molecular formula is C26H26O5. The summed E-state index contributed by atoms with van der Waals surface area (Å²) in [5.74, 6) is 2.26. The van der Waals surface area contributed by atoms with Gasteiger partial charge in [-0.05, 0) is 48.9 Å². The fourth-order valence-corrected chi connectivity index (χ4v) is 3.03. The van der Waals surface area contributed by atoms with E-state index in [1.165, 1.54) is 13.2 Å². The van der Waals surface area contributed by atoms with Gasteiger partial charge in [-0.1, -0.05) is 30.3 Å². The standard InChI is InChI=1S/C26H26O5/c1-4-30-22-13-14-23(26(17-22)29-3)24(27)15-11-20-10-12-21(28-2)16-25(20)31-18-19-8-6-5-7-9-19/h5-17H,4,18H2,1-3H3. The van der Waals surface area contributed by atoms with Crippen molar-refractivity contribution in [2.45, 2.75) is 13.5 Å². The molecule has 0 amide bonds. The first kappa shape index (κ1) is 22.0. The van der Waals surface area contributed by atoms with Gasteiger partial charge in [-0.2, -0.15) is 0 Å². The molecule has 0 heterocycles. The Morgan fingerprint density at radius 2 is 1.58 bits per heavy atom. The number of carbonyl (C=O) groups excluding carboxylic acids is 1. The van der Waals surface area contributed by atoms with Crippen LogP contribution in [0.5, 0.6) is 23.0 Å². The maximum absolute atomic E-state index is 12.8. The minimum absolute atomic E-state index is 0.176. The van der Waals surface area contributed by atoms with Crippen LogP contribution in [-0.2, 0) is 6.61 Å². The number of ether oxygens (including phenoxy) is 4. The molecule has 5 heteroatoms. The van der Waals surface area contributed by atoms with Crippen LogP contribution < -0.4 is 18.9 Å². The van der Waals surface area contributed by atoms with E-state index < -0.39 is 0 Å². The lowest BCUT2D eigenvalue weighted by Crippen LogP contribution is -2.01. The minimum atomic E-state index is -0.176. The number of allylic oxidation sites excluding steroid dienone is 1. The normalized spacial score (nSPS) is 10.7. The van der Waals surface area contributed by atoms with Crippen LogP contribution >= 0.6 is 0 Å². The van der Waals surface area contributed by atoms with Crippen molar-refractivity contribution >= 4 is 11.9 Å². The van der Waals surface area contributed by atoms with Gasteiger partial charge in [0.25, 0.3) is 0 Å². The molecule has 0 atom stereocenters. The molecule has 0 spiro atoms. The Bertz CT molecular complexity index is 1040. The molecule has 0 aliphatic carbocycles. The van der Waals surface area contributed by atoms with E-state index in [0.717, 1.165) is 11.1 Å². The number of carbonyl (C=O) groups is 1. The van der Waals surface area contributed by atoms with Crippen LogP contribution in [0.15, 0.2) is 72.8 Å². The highest BCUT2D eigenvalue weighted by Crippen LogP contribution is 2.29. The summed E-state index contributed by atoms with van der Waals surface area (Å²) in [5, 5.41) is 0. The second kappa shape index (κ2) is 10.9. The predicted molar refractivity (Wildman–Crippen MR) is 121 cm³/mol. The largest absolute Gasteiger partial charge is 0.497 e. The molecule has 0 saturated carbocycles. The van der Waals surface area contributed by atoms with Gasteiger partial charge in [0, 0.05) is 17.7 Å². The Kier molecular flexibility index (Phi) is 7.71. The summed E-state index contributed by atoms with van der Waals surface area (Å²) in [6.07, 6.45) is 3.24. The summed E-state index contributed by atoms with van der Waals surface area (Å²) in [7, 11) is 3.14. The van der Waals surface area contributed by atoms with Gasteiger partial charge in [0.15, 0.2) is 5.78 Å². The SMILES string of the molecule is CCOc1ccc(C(=O)C=Cc2ccc(OC)cc2OCc2ccccc2)c(OC)c1. The van der Waals surface area contributed by atoms with E-state index in [1.54, 1.807) is 31.4 Å². The monoisotopic (exact) mass is 418 g/mol. The van der Waals surface area contributed by atoms with Gasteiger partial charge in [-0.15, -0.1) is 0 Å². The Hall–Kier alpha value is -3.73. The molecule has 0 bridgehead atoms. The van der Waals surface area contributed by atoms with Crippen LogP contribution in [0.3, 0.4) is 0 Å². The maximum Gasteiger partial charge on any atom is 0.189 e. The number of rotatable bonds is 10. The molecule has 0 N–H and O–H groups in total. The van der Waals surface area contributed by atoms with E-state index >= 15 is 0 Å². The highest BCUT2D eigenvalue weighted by Gasteiger charge is 2.12. The summed E-state index contributed by atoms with van der Waals surface area (Å²) in [5.41, 5.74) is 2.29. The van der Waals surface area contributed by atoms with Crippen molar-refractivity contribution in [2.24, 2.45) is 0 Å². The molecule has 0 aliphatic heterocycles. The highest BCUT2D eigenvalue weighted by atomic mass is 16.5. The van der Waals surface area contributed by atoms with Gasteiger partial charge >= 0.3 is 0 Å². The van der Waals surface area contributed by atoms with E-state index in [4.69, 9.17) is 18.9 Å². The number of hydrogen-bond donors (Lipinski definition) is 0. The molecule has 3 aromatic rings. The average molecular weight is 418 g/mol. The first-order valence-corrected chi connectivity index (χ1v) is 10.0. The summed E-state index contributed by atoms with van der Waals surface area (Å²) in [4.78, 5) is 12.8. The van der Waals surface area contributed by atoms with Crippen molar-refractivity contribution in [2.75, 3.05) is 20.8 Å². The van der Waals surface area contributed by atoms with Crippen molar-refractivity contribution in [1.82, 2.24) is 0 Å². The zero-order valence-corrected chi connectivity index (χ0v) is 18.0. The van der Waals surface area contributed by atoms with Gasteiger partial charge in [-0.3, -0.25) is 4.79 Å². The quantitative estimate of drug-likeness (QED) is 0.318. The summed E-state index contributed by atoms with van der Waals surface area (Å²) in [6, 6.07) is 20.6. The van der Waals surface area contributed by atoms with Gasteiger partial charge in [0.1, 0.15) is 29.6 Å². The Balaban J connectivity index is 1.81. The lowest BCUT2D eigenvalue weighted by atomic mass is 10.1. The first-order chi connectivity index (χ1) is 15.1. The third-order valence-corrected chi connectivity index (χ3v) is 4.62. The number of ketones is 1. The molecular weight excluding hydrogens is 392 g/mol. The van der Waals surface area contributed by atoms with E-state index in [-0.39, 0.29) is 5.78 Å². The number of benzene rings is 3. The van der Waals surface area contributed by atoms with Crippen LogP contribution in [-0.4, -0.2) is 26.6 Å². The first-order valence-electron chi connectivity index (χ1n) is 10.0. The fraction of sp³-hybridized carbons (Fsp3) is 0.192. The molecule has 0 saturated heterocycles. The molecule has 3 rings (SSSR count). The highest BCUT2D eigenvalue weighted by molar-refractivity contribution is 6.08. The van der Waals surface area contributed by atoms with Crippen molar-refractivity contribution in [3.8, 4) is 23.0 Å². The van der Waals surface area contributed by atoms with E-state index in [9.17, 15) is 4.79 Å². The van der Waals surface area contributed by atoms with Crippen LogP contribution in [0.4, 0.5) is 0 Å². The molecule has 0 fully saturated rings. The molecule has 5 nitrogen and oxygen atoms in total. The van der Waals surface area contributed by atoms with Crippen molar-refractivity contribution < 1.29 is 23.7 Å². The molecule has 0 aromatic heterocycles. The molecule has 3 aromatic carbocycles. The van der Waals surface area contributed by atoms with Crippen LogP contribution in [0.2, 0.25) is 0 Å². The number of methoxy groups -OCH3 is 2. The van der Waals surface area contributed by atoms with Gasteiger partial charge in [0.2, 0.25) is 0 Å². The molecule has 160 valence electrons. The van der Waals surface area contributed by atoms with Crippen molar-refractivity contribution in [3.63, 3.8) is 0 Å². The molecule has 0 unspecified atom stereocenters. The second-order valence-electron chi connectivity index (χ2n) is 6.67. The zero-order chi connectivity index (χ0) is 22.1. The minimum Gasteiger partial charge on any atom is -0.497 e. The summed E-state index contributed by atoms with van der Waals surface area (Å²) in [6.45, 7) is 2.86. The van der Waals surface area contributed by atoms with Crippen LogP contribution in [0.1, 0.15) is 28.4 Å². The molecule has 0 radical (unpaired) electrons. The van der Waals surface area contributed by atoms with Crippen LogP contribution in [0, 0.1) is 0 Å². The Labute approximate surface area is 182 Å². The second-order valence-corrected chi connectivity index (χ2v) is 6.67. The number of hydrogen-bond acceptors (Lipinski definition) is 5. The maximum atomic E-state index is 12.8. The van der Waals surface area contributed by atoms with Crippen molar-refractivity contribution in [1.29, 1.82) is 0 Å². The fourth-order valence-electron chi connectivity index (χ4n) is 3.03. The predicted octanol–water partition coefficient (Wildman–Crippen LogP) is 5.58. The van der Waals surface area contributed by atoms with E-state index in [1.807, 2.05) is 55.5 Å². The molecule has 31 heavy (non-hydrogen) atoms. The smallest absolute Gasteiger partial charge is 0.189 e. The van der Waals surface area contributed by atoms with Crippen molar-refractivity contribution in [3.05, 3.63) is 89.5 Å². The average Bonchev–Trinajstić information content (AvgIpc) is 2.82.